The number of hydrazone groups is 1. The minimum atomic E-state index is -0.790. The molecule has 1 atom stereocenters. The van der Waals surface area contributed by atoms with Crippen LogP contribution in [-0.4, -0.2) is 18.2 Å². The van der Waals surface area contributed by atoms with Crippen molar-refractivity contribution in [2.75, 3.05) is 5.32 Å². The second kappa shape index (κ2) is 10.8. The Morgan fingerprint density at radius 1 is 1.21 bits per heavy atom. The first-order chi connectivity index (χ1) is 15.9. The molecule has 168 valence electrons. The number of hydrogen-bond acceptors (Lipinski definition) is 6. The van der Waals surface area contributed by atoms with Crippen molar-refractivity contribution >= 4 is 58.3 Å². The van der Waals surface area contributed by atoms with E-state index in [2.05, 4.69) is 15.3 Å². The SMILES string of the molecule is CC(=C(C(=O)ON)C1C=CC=C(c2cccc(NC=NN)c2)C1=C=O)c1cc(Cl)cc(Cl)c1. The molecule has 33 heavy (non-hydrogen) atoms. The van der Waals surface area contributed by atoms with Gasteiger partial charge in [0.1, 0.15) is 12.3 Å². The third-order valence-electron chi connectivity index (χ3n) is 5.09. The predicted octanol–water partition coefficient (Wildman–Crippen LogP) is 4.53. The summed E-state index contributed by atoms with van der Waals surface area (Å²) in [6.45, 7) is 1.71. The van der Waals surface area contributed by atoms with Crippen LogP contribution in [0.2, 0.25) is 10.0 Å². The zero-order valence-electron chi connectivity index (χ0n) is 17.5. The highest BCUT2D eigenvalue weighted by Crippen LogP contribution is 2.39. The van der Waals surface area contributed by atoms with Crippen LogP contribution in [-0.2, 0) is 14.4 Å². The third-order valence-corrected chi connectivity index (χ3v) is 5.53. The maximum atomic E-state index is 12.8. The van der Waals surface area contributed by atoms with Gasteiger partial charge in [0.25, 0.3) is 0 Å². The Hall–Kier alpha value is -3.61. The zero-order chi connectivity index (χ0) is 24.0. The van der Waals surface area contributed by atoms with Crippen LogP contribution in [0.5, 0.6) is 0 Å². The molecule has 5 N–H and O–H groups in total. The molecule has 0 amide bonds. The minimum absolute atomic E-state index is 0.167. The summed E-state index contributed by atoms with van der Waals surface area (Å²) in [5.74, 6) is 10.8. The van der Waals surface area contributed by atoms with Crippen molar-refractivity contribution in [3.8, 4) is 0 Å². The molecule has 3 rings (SSSR count). The largest absolute Gasteiger partial charge is 0.370 e. The van der Waals surface area contributed by atoms with Gasteiger partial charge in [-0.1, -0.05) is 53.6 Å². The molecule has 0 aliphatic heterocycles. The molecule has 0 spiro atoms. The van der Waals surface area contributed by atoms with Crippen LogP contribution >= 0.6 is 23.2 Å². The van der Waals surface area contributed by atoms with Crippen molar-refractivity contribution in [1.29, 1.82) is 0 Å². The number of nitrogens with zero attached hydrogens (tertiary/aromatic N) is 1. The highest BCUT2D eigenvalue weighted by Gasteiger charge is 2.31. The van der Waals surface area contributed by atoms with Crippen molar-refractivity contribution in [2.45, 2.75) is 6.92 Å². The second-order valence-electron chi connectivity index (χ2n) is 7.06. The summed E-state index contributed by atoms with van der Waals surface area (Å²) in [5.41, 5.74) is 3.53. The standard InChI is InChI=1S/C24H20Cl2N4O3/c1-14(16-8-17(25)11-18(26)9-16)23(24(32)33-28)21-7-3-6-20(22(21)12-31)15-4-2-5-19(10-15)29-13-30-27/h2-11,13,21H,27-28H2,1H3,(H,29,30). The molecule has 0 bridgehead atoms. The van der Waals surface area contributed by atoms with E-state index in [1.165, 1.54) is 6.34 Å². The van der Waals surface area contributed by atoms with Crippen LogP contribution in [0.4, 0.5) is 5.69 Å². The summed E-state index contributed by atoms with van der Waals surface area (Å²) in [4.78, 5) is 29.5. The van der Waals surface area contributed by atoms with Gasteiger partial charge in [0.05, 0.1) is 11.1 Å². The van der Waals surface area contributed by atoms with Gasteiger partial charge in [0.15, 0.2) is 0 Å². The highest BCUT2D eigenvalue weighted by atomic mass is 35.5. The number of anilines is 1. The lowest BCUT2D eigenvalue weighted by Crippen LogP contribution is -2.22. The Kier molecular flexibility index (Phi) is 7.87. The Morgan fingerprint density at radius 3 is 2.58 bits per heavy atom. The van der Waals surface area contributed by atoms with E-state index in [9.17, 15) is 9.59 Å². The zero-order valence-corrected chi connectivity index (χ0v) is 19.0. The van der Waals surface area contributed by atoms with Gasteiger partial charge in [-0.3, -0.25) is 0 Å². The lowest BCUT2D eigenvalue weighted by atomic mass is 9.79. The maximum absolute atomic E-state index is 12.8. The van der Waals surface area contributed by atoms with Gasteiger partial charge in [-0.15, -0.1) is 0 Å². The van der Waals surface area contributed by atoms with Crippen LogP contribution in [0.1, 0.15) is 18.1 Å². The van der Waals surface area contributed by atoms with Gasteiger partial charge in [0.2, 0.25) is 0 Å². The van der Waals surface area contributed by atoms with Crippen molar-refractivity contribution in [2.24, 2.45) is 22.8 Å². The van der Waals surface area contributed by atoms with E-state index < -0.39 is 11.9 Å². The van der Waals surface area contributed by atoms with Crippen LogP contribution in [0.25, 0.3) is 11.1 Å². The lowest BCUT2D eigenvalue weighted by Gasteiger charge is -2.23. The summed E-state index contributed by atoms with van der Waals surface area (Å²) in [6, 6.07) is 12.2. The monoisotopic (exact) mass is 482 g/mol. The quantitative estimate of drug-likeness (QED) is 0.139. The van der Waals surface area contributed by atoms with Crippen molar-refractivity contribution in [3.63, 3.8) is 0 Å². The molecule has 0 fully saturated rings. The van der Waals surface area contributed by atoms with E-state index in [-0.39, 0.29) is 11.1 Å². The summed E-state index contributed by atoms with van der Waals surface area (Å²) in [5, 5.41) is 7.13. The first-order valence-corrected chi connectivity index (χ1v) is 10.5. The molecule has 0 aromatic heterocycles. The van der Waals surface area contributed by atoms with E-state index >= 15 is 0 Å². The molecule has 0 radical (unpaired) electrons. The molecule has 1 aliphatic rings. The van der Waals surface area contributed by atoms with Gasteiger partial charge >= 0.3 is 5.97 Å². The number of hydrogen-bond donors (Lipinski definition) is 3. The number of carbonyl (C=O) groups is 1. The van der Waals surface area contributed by atoms with Crippen molar-refractivity contribution in [1.82, 2.24) is 0 Å². The van der Waals surface area contributed by atoms with Gasteiger partial charge < -0.3 is 16.0 Å². The van der Waals surface area contributed by atoms with E-state index in [4.69, 9.17) is 34.9 Å². The average Bonchev–Trinajstić information content (AvgIpc) is 2.82. The first kappa shape index (κ1) is 24.0. The molecular formula is C24H20Cl2N4O3. The van der Waals surface area contributed by atoms with Crippen molar-refractivity contribution < 1.29 is 14.4 Å². The molecule has 0 saturated heterocycles. The summed E-state index contributed by atoms with van der Waals surface area (Å²) in [6.07, 6.45) is 6.56. The normalized spacial score (nSPS) is 16.2. The van der Waals surface area contributed by atoms with Gasteiger partial charge in [-0.25, -0.2) is 9.59 Å². The van der Waals surface area contributed by atoms with Gasteiger partial charge in [0, 0.05) is 21.7 Å². The molecule has 0 heterocycles. The fourth-order valence-corrected chi connectivity index (χ4v) is 4.14. The molecule has 1 aliphatic carbocycles. The number of carbonyl (C=O) groups excluding carboxylic acids is 2. The maximum Gasteiger partial charge on any atom is 0.353 e. The molecule has 1 unspecified atom stereocenters. The predicted molar refractivity (Wildman–Crippen MR) is 132 cm³/mol. The van der Waals surface area contributed by atoms with E-state index in [1.54, 1.807) is 43.4 Å². The third kappa shape index (κ3) is 5.42. The molecule has 9 heteroatoms. The number of benzene rings is 2. The summed E-state index contributed by atoms with van der Waals surface area (Å²) in [7, 11) is 0. The number of allylic oxidation sites excluding steroid dienone is 6. The summed E-state index contributed by atoms with van der Waals surface area (Å²) < 4.78 is 0. The van der Waals surface area contributed by atoms with Gasteiger partial charge in [-0.05, 0) is 59.5 Å². The Balaban J connectivity index is 2.12. The fourth-order valence-electron chi connectivity index (χ4n) is 3.62. The van der Waals surface area contributed by atoms with Crippen molar-refractivity contribution in [3.05, 3.63) is 93.0 Å². The number of nitrogens with two attached hydrogens (primary N) is 2. The van der Waals surface area contributed by atoms with Crippen LogP contribution in [0.15, 0.2) is 76.9 Å². The van der Waals surface area contributed by atoms with E-state index in [0.29, 0.717) is 32.4 Å². The van der Waals surface area contributed by atoms with Gasteiger partial charge in [-0.2, -0.15) is 11.0 Å². The Bertz CT molecular complexity index is 1240. The number of nitrogens with one attached hydrogen (secondary N) is 1. The molecule has 2 aromatic rings. The lowest BCUT2D eigenvalue weighted by molar-refractivity contribution is -0.139. The topological polar surface area (TPSA) is 120 Å². The first-order valence-electron chi connectivity index (χ1n) is 9.70. The minimum Gasteiger partial charge on any atom is -0.370 e. The smallest absolute Gasteiger partial charge is 0.353 e. The summed E-state index contributed by atoms with van der Waals surface area (Å²) >= 11 is 12.3. The molecule has 7 nitrogen and oxygen atoms in total. The van der Waals surface area contributed by atoms with Crippen LogP contribution < -0.4 is 17.1 Å². The number of halogens is 2. The molecular weight excluding hydrogens is 463 g/mol. The highest BCUT2D eigenvalue weighted by molar-refractivity contribution is 6.35. The van der Waals surface area contributed by atoms with E-state index in [0.717, 1.165) is 5.56 Å². The average molecular weight is 483 g/mol. The number of rotatable bonds is 6. The van der Waals surface area contributed by atoms with Crippen LogP contribution in [0.3, 0.4) is 0 Å². The molecule has 2 aromatic carbocycles. The Labute approximate surface area is 200 Å². The fraction of sp³-hybridized carbons (Fsp3) is 0.0833. The van der Waals surface area contributed by atoms with E-state index in [1.807, 2.05) is 30.2 Å². The Morgan fingerprint density at radius 2 is 1.94 bits per heavy atom. The van der Waals surface area contributed by atoms with Crippen LogP contribution in [0, 0.1) is 5.92 Å². The second-order valence-corrected chi connectivity index (χ2v) is 7.94. The molecule has 0 saturated carbocycles.